The molecule has 0 saturated carbocycles. The molecule has 1 heterocycles. The van der Waals surface area contributed by atoms with Crippen molar-refractivity contribution in [2.24, 2.45) is 7.05 Å². The first-order chi connectivity index (χ1) is 9.63. The first kappa shape index (κ1) is 12.8. The van der Waals surface area contributed by atoms with Gasteiger partial charge in [-0.15, -0.1) is 0 Å². The van der Waals surface area contributed by atoms with E-state index in [0.29, 0.717) is 11.6 Å². The van der Waals surface area contributed by atoms with Crippen LogP contribution in [0.1, 0.15) is 5.82 Å². The Kier molecular flexibility index (Phi) is 3.24. The van der Waals surface area contributed by atoms with Gasteiger partial charge in [-0.1, -0.05) is 11.6 Å². The van der Waals surface area contributed by atoms with E-state index >= 15 is 0 Å². The number of imidazole rings is 1. The van der Waals surface area contributed by atoms with Gasteiger partial charge in [0.05, 0.1) is 17.6 Å². The number of hydrogen-bond acceptors (Lipinski definition) is 3. The maximum absolute atomic E-state index is 9.25. The smallest absolute Gasteiger partial charge is 0.128 e. The Labute approximate surface area is 121 Å². The van der Waals surface area contributed by atoms with Gasteiger partial charge in [0.15, 0.2) is 0 Å². The molecule has 0 radical (unpaired) electrons. The summed E-state index contributed by atoms with van der Waals surface area (Å²) in [5.74, 6) is 1.18. The van der Waals surface area contributed by atoms with E-state index in [2.05, 4.69) is 10.3 Å². The normalized spacial score (nSPS) is 10.9. The summed E-state index contributed by atoms with van der Waals surface area (Å²) in [4.78, 5) is 4.58. The molecule has 1 aromatic heterocycles. The Bertz CT molecular complexity index is 750. The summed E-state index contributed by atoms with van der Waals surface area (Å²) in [7, 11) is 1.97. The molecule has 0 atom stereocenters. The molecule has 5 heteroatoms. The number of aromatic nitrogens is 2. The van der Waals surface area contributed by atoms with Gasteiger partial charge in [0.2, 0.25) is 0 Å². The number of anilines is 1. The highest BCUT2D eigenvalue weighted by atomic mass is 35.5. The number of benzene rings is 2. The van der Waals surface area contributed by atoms with Crippen LogP contribution in [0.25, 0.3) is 11.0 Å². The first-order valence-corrected chi connectivity index (χ1v) is 6.65. The van der Waals surface area contributed by atoms with Crippen molar-refractivity contribution in [1.29, 1.82) is 0 Å². The van der Waals surface area contributed by atoms with Crippen molar-refractivity contribution in [3.05, 3.63) is 53.3 Å². The number of nitrogens with one attached hydrogen (secondary N) is 1. The zero-order chi connectivity index (χ0) is 14.1. The second-order valence-electron chi connectivity index (χ2n) is 4.62. The van der Waals surface area contributed by atoms with Crippen molar-refractivity contribution in [3.63, 3.8) is 0 Å². The van der Waals surface area contributed by atoms with Crippen molar-refractivity contribution in [3.8, 4) is 5.75 Å². The number of aromatic hydroxyl groups is 1. The van der Waals surface area contributed by atoms with Crippen LogP contribution in [0, 0.1) is 0 Å². The quantitative estimate of drug-likeness (QED) is 0.724. The van der Waals surface area contributed by atoms with Crippen LogP contribution in [0.15, 0.2) is 42.5 Å². The minimum Gasteiger partial charge on any atom is -0.508 e. The average Bonchev–Trinajstić information content (AvgIpc) is 2.75. The van der Waals surface area contributed by atoms with Gasteiger partial charge < -0.3 is 15.0 Å². The van der Waals surface area contributed by atoms with Gasteiger partial charge in [-0.3, -0.25) is 0 Å². The lowest BCUT2D eigenvalue weighted by molar-refractivity contribution is 0.475. The van der Waals surface area contributed by atoms with E-state index in [9.17, 15) is 5.11 Å². The van der Waals surface area contributed by atoms with Crippen molar-refractivity contribution in [2.45, 2.75) is 6.54 Å². The third-order valence-corrected chi connectivity index (χ3v) is 3.49. The summed E-state index contributed by atoms with van der Waals surface area (Å²) in [6, 6.07) is 12.6. The number of phenols is 1. The third-order valence-electron chi connectivity index (χ3n) is 3.25. The van der Waals surface area contributed by atoms with Gasteiger partial charge in [0, 0.05) is 17.8 Å². The maximum atomic E-state index is 9.25. The van der Waals surface area contributed by atoms with Crippen LogP contribution in [0.2, 0.25) is 5.02 Å². The number of phenolic OH excluding ortho intramolecular Hbond substituents is 1. The van der Waals surface area contributed by atoms with E-state index in [1.807, 2.05) is 41.9 Å². The second kappa shape index (κ2) is 5.06. The number of hydrogen-bond donors (Lipinski definition) is 2. The van der Waals surface area contributed by atoms with E-state index in [1.165, 1.54) is 0 Å². The fourth-order valence-corrected chi connectivity index (χ4v) is 2.30. The van der Waals surface area contributed by atoms with Crippen LogP contribution in [0.3, 0.4) is 0 Å². The van der Waals surface area contributed by atoms with E-state index < -0.39 is 0 Å². The highest BCUT2D eigenvalue weighted by Crippen LogP contribution is 2.20. The highest BCUT2D eigenvalue weighted by Gasteiger charge is 2.07. The fraction of sp³-hybridized carbons (Fsp3) is 0.133. The molecule has 0 fully saturated rings. The number of nitrogens with zero attached hydrogens (tertiary/aromatic N) is 2. The van der Waals surface area contributed by atoms with Gasteiger partial charge in [0.1, 0.15) is 11.6 Å². The second-order valence-corrected chi connectivity index (χ2v) is 5.06. The Balaban J connectivity index is 1.84. The fourth-order valence-electron chi connectivity index (χ4n) is 2.13. The predicted octanol–water partition coefficient (Wildman–Crippen LogP) is 3.54. The Morgan fingerprint density at radius 3 is 2.70 bits per heavy atom. The van der Waals surface area contributed by atoms with Gasteiger partial charge in [-0.05, 0) is 42.5 Å². The molecule has 0 aliphatic rings. The van der Waals surface area contributed by atoms with Gasteiger partial charge in [-0.25, -0.2) is 4.98 Å². The molecule has 0 aliphatic heterocycles. The Morgan fingerprint density at radius 1 is 1.20 bits per heavy atom. The molecule has 0 amide bonds. The van der Waals surface area contributed by atoms with Crippen LogP contribution in [0.4, 0.5) is 5.69 Å². The van der Waals surface area contributed by atoms with Gasteiger partial charge in [0.25, 0.3) is 0 Å². The SMILES string of the molecule is Cn1c(CNc2ccc(O)cc2)nc2ccc(Cl)cc21. The van der Waals surface area contributed by atoms with Crippen LogP contribution >= 0.6 is 11.6 Å². The summed E-state index contributed by atoms with van der Waals surface area (Å²) in [6.07, 6.45) is 0. The van der Waals surface area contributed by atoms with Crippen molar-refractivity contribution in [2.75, 3.05) is 5.32 Å². The summed E-state index contributed by atoms with van der Waals surface area (Å²) in [5.41, 5.74) is 2.88. The molecular formula is C15H14ClN3O. The molecular weight excluding hydrogens is 274 g/mol. The number of aryl methyl sites for hydroxylation is 1. The molecule has 0 saturated heterocycles. The molecule has 102 valence electrons. The lowest BCUT2D eigenvalue weighted by Gasteiger charge is -2.06. The molecule has 0 aliphatic carbocycles. The zero-order valence-corrected chi connectivity index (χ0v) is 11.7. The molecule has 2 N–H and O–H groups in total. The van der Waals surface area contributed by atoms with Gasteiger partial charge >= 0.3 is 0 Å². The lowest BCUT2D eigenvalue weighted by Crippen LogP contribution is -2.05. The summed E-state index contributed by atoms with van der Waals surface area (Å²) < 4.78 is 2.02. The molecule has 2 aromatic carbocycles. The summed E-state index contributed by atoms with van der Waals surface area (Å²) in [6.45, 7) is 0.605. The van der Waals surface area contributed by atoms with Gasteiger partial charge in [-0.2, -0.15) is 0 Å². The maximum Gasteiger partial charge on any atom is 0.128 e. The Morgan fingerprint density at radius 2 is 1.95 bits per heavy atom. The zero-order valence-electron chi connectivity index (χ0n) is 11.0. The van der Waals surface area contributed by atoms with E-state index in [1.54, 1.807) is 12.1 Å². The van der Waals surface area contributed by atoms with Crippen molar-refractivity contribution in [1.82, 2.24) is 9.55 Å². The summed E-state index contributed by atoms with van der Waals surface area (Å²) >= 11 is 6.01. The van der Waals surface area contributed by atoms with Crippen LogP contribution in [-0.4, -0.2) is 14.7 Å². The number of rotatable bonds is 3. The molecule has 0 unspecified atom stereocenters. The van der Waals surface area contributed by atoms with Crippen LogP contribution < -0.4 is 5.32 Å². The van der Waals surface area contributed by atoms with E-state index in [4.69, 9.17) is 11.6 Å². The van der Waals surface area contributed by atoms with E-state index in [0.717, 1.165) is 22.5 Å². The van der Waals surface area contributed by atoms with E-state index in [-0.39, 0.29) is 5.75 Å². The first-order valence-electron chi connectivity index (χ1n) is 6.27. The molecule has 20 heavy (non-hydrogen) atoms. The van der Waals surface area contributed by atoms with Crippen molar-refractivity contribution >= 4 is 28.3 Å². The van der Waals surface area contributed by atoms with Crippen molar-refractivity contribution < 1.29 is 5.11 Å². The molecule has 0 spiro atoms. The average molecular weight is 288 g/mol. The van der Waals surface area contributed by atoms with Crippen LogP contribution in [0.5, 0.6) is 5.75 Å². The molecule has 0 bridgehead atoms. The highest BCUT2D eigenvalue weighted by molar-refractivity contribution is 6.31. The lowest BCUT2D eigenvalue weighted by atomic mass is 10.3. The molecule has 3 aromatic rings. The predicted molar refractivity (Wildman–Crippen MR) is 81.2 cm³/mol. The van der Waals surface area contributed by atoms with Crippen LogP contribution in [-0.2, 0) is 13.6 Å². The third kappa shape index (κ3) is 2.42. The molecule has 4 nitrogen and oxygen atoms in total. The largest absolute Gasteiger partial charge is 0.508 e. The number of halogens is 1. The summed E-state index contributed by atoms with van der Waals surface area (Å²) in [5, 5.41) is 13.2. The topological polar surface area (TPSA) is 50.1 Å². The number of fused-ring (bicyclic) bond motifs is 1. The molecule has 3 rings (SSSR count). The monoisotopic (exact) mass is 287 g/mol. The standard InChI is InChI=1S/C15H14ClN3O/c1-19-14-8-10(16)2-7-13(14)18-15(19)9-17-11-3-5-12(20)6-4-11/h2-8,17,20H,9H2,1H3. The minimum atomic E-state index is 0.257. The minimum absolute atomic E-state index is 0.257. The Hall–Kier alpha value is -2.20.